The average molecular weight is 296 g/mol. The molecule has 1 aromatic heterocycles. The molecular weight excluding hydrogens is 282 g/mol. The van der Waals surface area contributed by atoms with Gasteiger partial charge in [-0.2, -0.15) is 0 Å². The van der Waals surface area contributed by atoms with Crippen molar-refractivity contribution >= 4 is 38.6 Å². The summed E-state index contributed by atoms with van der Waals surface area (Å²) in [4.78, 5) is 0. The van der Waals surface area contributed by atoms with Gasteiger partial charge in [0.25, 0.3) is 0 Å². The van der Waals surface area contributed by atoms with Gasteiger partial charge in [-0.1, -0.05) is 17.7 Å². The molecule has 1 heterocycles. The highest BCUT2D eigenvalue weighted by atomic mass is 79.9. The first-order valence-electron chi connectivity index (χ1n) is 5.14. The summed E-state index contributed by atoms with van der Waals surface area (Å²) >= 11 is 5.23. The van der Waals surface area contributed by atoms with Crippen LogP contribution in [0.3, 0.4) is 0 Å². The number of benzene rings is 1. The summed E-state index contributed by atoms with van der Waals surface area (Å²) in [7, 11) is 0. The minimum atomic E-state index is 1.12. The van der Waals surface area contributed by atoms with Crippen molar-refractivity contribution in [3.05, 3.63) is 44.1 Å². The molecule has 0 unspecified atom stereocenters. The number of rotatable bonds is 2. The predicted molar refractivity (Wildman–Crippen MR) is 76.0 cm³/mol. The Hall–Kier alpha value is -0.800. The Labute approximate surface area is 109 Å². The Kier molecular flexibility index (Phi) is 3.36. The zero-order valence-electron chi connectivity index (χ0n) is 9.60. The van der Waals surface area contributed by atoms with Crippen molar-refractivity contribution < 1.29 is 0 Å². The van der Waals surface area contributed by atoms with Gasteiger partial charge in [-0.3, -0.25) is 0 Å². The summed E-state index contributed by atoms with van der Waals surface area (Å²) in [5, 5.41) is 7.68. The highest BCUT2D eigenvalue weighted by molar-refractivity contribution is 9.10. The summed E-state index contributed by atoms with van der Waals surface area (Å²) in [6.07, 6.45) is 0. The van der Waals surface area contributed by atoms with Crippen LogP contribution in [0, 0.1) is 20.8 Å². The quantitative estimate of drug-likeness (QED) is 0.805. The molecule has 1 aromatic carbocycles. The van der Waals surface area contributed by atoms with E-state index in [2.05, 4.69) is 64.9 Å². The van der Waals surface area contributed by atoms with Gasteiger partial charge < -0.3 is 5.32 Å². The second-order valence-electron chi connectivity index (χ2n) is 4.03. The van der Waals surface area contributed by atoms with Gasteiger partial charge in [0, 0.05) is 16.4 Å². The molecule has 84 valence electrons. The van der Waals surface area contributed by atoms with Crippen molar-refractivity contribution in [2.75, 3.05) is 5.32 Å². The summed E-state index contributed by atoms with van der Waals surface area (Å²) in [6, 6.07) is 4.41. The number of halogens is 1. The van der Waals surface area contributed by atoms with E-state index in [1.54, 1.807) is 11.3 Å². The van der Waals surface area contributed by atoms with Crippen molar-refractivity contribution in [3.8, 4) is 0 Å². The lowest BCUT2D eigenvalue weighted by atomic mass is 10.1. The number of anilines is 2. The van der Waals surface area contributed by atoms with Crippen LogP contribution in [0.2, 0.25) is 0 Å². The van der Waals surface area contributed by atoms with Crippen LogP contribution in [0.5, 0.6) is 0 Å². The molecule has 0 amide bonds. The molecule has 0 saturated heterocycles. The lowest BCUT2D eigenvalue weighted by Gasteiger charge is -2.13. The second-order valence-corrected chi connectivity index (χ2v) is 5.63. The van der Waals surface area contributed by atoms with E-state index in [9.17, 15) is 0 Å². The molecule has 0 fully saturated rings. The zero-order chi connectivity index (χ0) is 11.7. The molecule has 0 aliphatic rings. The van der Waals surface area contributed by atoms with E-state index >= 15 is 0 Å². The lowest BCUT2D eigenvalue weighted by molar-refractivity contribution is 1.31. The van der Waals surface area contributed by atoms with Gasteiger partial charge in [-0.25, -0.2) is 0 Å². The number of hydrogen-bond donors (Lipinski definition) is 1. The minimum absolute atomic E-state index is 1.12. The molecule has 0 aliphatic carbocycles. The maximum atomic E-state index is 3.54. The molecule has 1 N–H and O–H groups in total. The van der Waals surface area contributed by atoms with Crippen LogP contribution in [0.4, 0.5) is 11.4 Å². The topological polar surface area (TPSA) is 12.0 Å². The summed E-state index contributed by atoms with van der Waals surface area (Å²) < 4.78 is 1.12. The lowest BCUT2D eigenvalue weighted by Crippen LogP contribution is -1.96. The van der Waals surface area contributed by atoms with E-state index in [-0.39, 0.29) is 0 Å². The third-order valence-corrected chi connectivity index (χ3v) is 4.25. The van der Waals surface area contributed by atoms with E-state index < -0.39 is 0 Å². The first kappa shape index (κ1) is 11.7. The first-order chi connectivity index (χ1) is 7.58. The van der Waals surface area contributed by atoms with Crippen LogP contribution in [0.15, 0.2) is 27.4 Å². The second kappa shape index (κ2) is 4.60. The van der Waals surface area contributed by atoms with E-state index in [1.807, 2.05) is 0 Å². The zero-order valence-corrected chi connectivity index (χ0v) is 12.0. The van der Waals surface area contributed by atoms with Gasteiger partial charge in [0.2, 0.25) is 0 Å². The molecule has 2 aromatic rings. The number of thiophene rings is 1. The van der Waals surface area contributed by atoms with E-state index in [0.717, 1.165) is 10.2 Å². The maximum absolute atomic E-state index is 3.54. The first-order valence-corrected chi connectivity index (χ1v) is 6.88. The molecule has 0 bridgehead atoms. The molecule has 0 aliphatic heterocycles. The Morgan fingerprint density at radius 2 is 1.69 bits per heavy atom. The van der Waals surface area contributed by atoms with Gasteiger partial charge in [0.15, 0.2) is 0 Å². The molecule has 0 atom stereocenters. The minimum Gasteiger partial charge on any atom is -0.353 e. The van der Waals surface area contributed by atoms with Gasteiger partial charge in [-0.15, -0.1) is 11.3 Å². The van der Waals surface area contributed by atoms with Crippen LogP contribution in [0.1, 0.15) is 16.7 Å². The predicted octanol–water partition coefficient (Wildman–Crippen LogP) is 5.18. The van der Waals surface area contributed by atoms with Crippen molar-refractivity contribution in [2.24, 2.45) is 0 Å². The largest absolute Gasteiger partial charge is 0.353 e. The Balaban J connectivity index is 2.39. The van der Waals surface area contributed by atoms with E-state index in [4.69, 9.17) is 0 Å². The standard InChI is InChI=1S/C13H14BrNS/c1-8-4-9(2)13(10(3)5-8)15-12-7-16-6-11(12)14/h4-7,15H,1-3H3. The van der Waals surface area contributed by atoms with Crippen molar-refractivity contribution in [3.63, 3.8) is 0 Å². The fourth-order valence-electron chi connectivity index (χ4n) is 1.88. The van der Waals surface area contributed by atoms with Crippen molar-refractivity contribution in [1.29, 1.82) is 0 Å². The summed E-state index contributed by atoms with van der Waals surface area (Å²) in [5.74, 6) is 0. The van der Waals surface area contributed by atoms with Crippen LogP contribution in [-0.4, -0.2) is 0 Å². The monoisotopic (exact) mass is 295 g/mol. The van der Waals surface area contributed by atoms with Crippen molar-refractivity contribution in [1.82, 2.24) is 0 Å². The maximum Gasteiger partial charge on any atom is 0.0637 e. The molecule has 0 radical (unpaired) electrons. The third-order valence-electron chi connectivity index (χ3n) is 2.55. The Morgan fingerprint density at radius 1 is 1.06 bits per heavy atom. The normalized spacial score (nSPS) is 10.5. The number of nitrogens with one attached hydrogen (secondary N) is 1. The van der Waals surface area contributed by atoms with Gasteiger partial charge >= 0.3 is 0 Å². The molecular formula is C13H14BrNS. The highest BCUT2D eigenvalue weighted by Crippen LogP contribution is 2.32. The third kappa shape index (κ3) is 2.30. The van der Waals surface area contributed by atoms with Crippen LogP contribution in [0.25, 0.3) is 0 Å². The van der Waals surface area contributed by atoms with Crippen LogP contribution < -0.4 is 5.32 Å². The van der Waals surface area contributed by atoms with E-state index in [0.29, 0.717) is 0 Å². The smallest absolute Gasteiger partial charge is 0.0637 e. The number of aryl methyl sites for hydroxylation is 3. The molecule has 2 rings (SSSR count). The number of hydrogen-bond acceptors (Lipinski definition) is 2. The SMILES string of the molecule is Cc1cc(C)c(Nc2cscc2Br)c(C)c1. The molecule has 16 heavy (non-hydrogen) atoms. The van der Waals surface area contributed by atoms with Crippen molar-refractivity contribution in [2.45, 2.75) is 20.8 Å². The molecule has 1 nitrogen and oxygen atoms in total. The van der Waals surface area contributed by atoms with Gasteiger partial charge in [0.05, 0.1) is 10.2 Å². The fraction of sp³-hybridized carbons (Fsp3) is 0.231. The Morgan fingerprint density at radius 3 is 2.19 bits per heavy atom. The average Bonchev–Trinajstić information content (AvgIpc) is 2.57. The van der Waals surface area contributed by atoms with Gasteiger partial charge in [0.1, 0.15) is 0 Å². The Bertz CT molecular complexity index is 493. The highest BCUT2D eigenvalue weighted by Gasteiger charge is 2.06. The summed E-state index contributed by atoms with van der Waals surface area (Å²) in [6.45, 7) is 6.41. The summed E-state index contributed by atoms with van der Waals surface area (Å²) in [5.41, 5.74) is 6.24. The molecule has 3 heteroatoms. The van der Waals surface area contributed by atoms with Crippen LogP contribution in [-0.2, 0) is 0 Å². The van der Waals surface area contributed by atoms with Crippen LogP contribution >= 0.6 is 27.3 Å². The molecule has 0 spiro atoms. The fourth-order valence-corrected chi connectivity index (χ4v) is 3.21. The van der Waals surface area contributed by atoms with E-state index in [1.165, 1.54) is 22.4 Å². The molecule has 0 saturated carbocycles. The van der Waals surface area contributed by atoms with Gasteiger partial charge in [-0.05, 0) is 47.8 Å².